The molecule has 2 rings (SSSR count). The Morgan fingerprint density at radius 2 is 2.04 bits per heavy atom. The molecule has 0 spiro atoms. The molecule has 26 heavy (non-hydrogen) atoms. The normalized spacial score (nSPS) is 22.0. The Hall–Kier alpha value is -2.22. The second-order valence-electron chi connectivity index (χ2n) is 6.86. The van der Waals surface area contributed by atoms with Crippen LogP contribution in [0.4, 0.5) is 0 Å². The van der Waals surface area contributed by atoms with Crippen molar-refractivity contribution in [2.75, 3.05) is 6.61 Å². The molecule has 4 atom stereocenters. The molecule has 0 amide bonds. The first kappa shape index (κ1) is 20.1. The van der Waals surface area contributed by atoms with Gasteiger partial charge in [0.15, 0.2) is 6.61 Å². The number of rotatable bonds is 7. The minimum Gasteiger partial charge on any atom is -0.457 e. The molecule has 0 bridgehead atoms. The van der Waals surface area contributed by atoms with Gasteiger partial charge in [0.1, 0.15) is 11.8 Å². The molecule has 2 heterocycles. The minimum absolute atomic E-state index is 0.0222. The predicted octanol–water partition coefficient (Wildman–Crippen LogP) is 1.64. The number of ketones is 1. The lowest BCUT2D eigenvalue weighted by molar-refractivity contribution is -0.139. The van der Waals surface area contributed by atoms with Crippen LogP contribution in [0.25, 0.3) is 0 Å². The summed E-state index contributed by atoms with van der Waals surface area (Å²) in [5.41, 5.74) is -1.65. The fraction of sp³-hybridized carbons (Fsp3) is 0.667. The first-order chi connectivity index (χ1) is 12.2. The van der Waals surface area contributed by atoms with E-state index in [4.69, 9.17) is 4.74 Å². The van der Waals surface area contributed by atoms with Gasteiger partial charge >= 0.3 is 11.7 Å². The van der Waals surface area contributed by atoms with Crippen LogP contribution in [0, 0.1) is 11.8 Å². The zero-order valence-electron chi connectivity index (χ0n) is 15.6. The van der Waals surface area contributed by atoms with Gasteiger partial charge in [-0.25, -0.2) is 4.79 Å². The van der Waals surface area contributed by atoms with Gasteiger partial charge in [-0.05, 0) is 24.7 Å². The predicted molar refractivity (Wildman–Crippen MR) is 94.0 cm³/mol. The summed E-state index contributed by atoms with van der Waals surface area (Å²) in [6.45, 7) is 7.05. The molecule has 8 nitrogen and oxygen atoms in total. The Bertz CT molecular complexity index is 781. The van der Waals surface area contributed by atoms with Crippen LogP contribution in [0.1, 0.15) is 63.5 Å². The van der Waals surface area contributed by atoms with Crippen molar-refractivity contribution in [3.8, 4) is 0 Å². The van der Waals surface area contributed by atoms with Crippen LogP contribution >= 0.6 is 0 Å². The number of Topliss-reactive ketones (excluding diaryl/α,β-unsaturated/α-hetero) is 1. The largest absolute Gasteiger partial charge is 0.457 e. The van der Waals surface area contributed by atoms with E-state index >= 15 is 0 Å². The molecule has 1 fully saturated rings. The average Bonchev–Trinajstić information content (AvgIpc) is 3.08. The summed E-state index contributed by atoms with van der Waals surface area (Å²) in [6.07, 6.45) is 3.16. The number of ether oxygens (including phenoxy) is 2. The molecule has 1 aliphatic heterocycles. The zero-order valence-corrected chi connectivity index (χ0v) is 15.6. The van der Waals surface area contributed by atoms with Crippen molar-refractivity contribution < 1.29 is 19.1 Å². The molecule has 1 aromatic heterocycles. The highest BCUT2D eigenvalue weighted by Gasteiger charge is 2.33. The SMILES string of the molecule is CCC(C)C(C)C1CC[C@H](n2cc(C(=O)COC(C)=O)c(=O)[nH]c2=O)O1. The molecular formula is C18H26N2O6. The van der Waals surface area contributed by atoms with Gasteiger partial charge in [0.05, 0.1) is 6.10 Å². The number of carbonyl (C=O) groups excluding carboxylic acids is 2. The number of carbonyl (C=O) groups is 2. The van der Waals surface area contributed by atoms with E-state index in [9.17, 15) is 19.2 Å². The zero-order chi connectivity index (χ0) is 19.4. The lowest BCUT2D eigenvalue weighted by Crippen LogP contribution is -2.36. The second-order valence-corrected chi connectivity index (χ2v) is 6.86. The highest BCUT2D eigenvalue weighted by atomic mass is 16.5. The summed E-state index contributed by atoms with van der Waals surface area (Å²) in [5.74, 6) is -0.456. The number of aromatic nitrogens is 2. The summed E-state index contributed by atoms with van der Waals surface area (Å²) in [7, 11) is 0. The maximum absolute atomic E-state index is 12.2. The Balaban J connectivity index is 2.21. The molecular weight excluding hydrogens is 340 g/mol. The standard InChI is InChI=1S/C18H26N2O6/c1-5-10(2)11(3)15-6-7-16(26-15)20-8-13(17(23)19-18(20)24)14(22)9-25-12(4)21/h8,10-11,15-16H,5-7,9H2,1-4H3,(H,19,23,24)/t10?,11?,15?,16-/m1/s1. The lowest BCUT2D eigenvalue weighted by atomic mass is 9.88. The molecule has 0 saturated carbocycles. The third-order valence-corrected chi connectivity index (χ3v) is 5.14. The van der Waals surface area contributed by atoms with Gasteiger partial charge in [-0.3, -0.25) is 23.9 Å². The van der Waals surface area contributed by atoms with Crippen LogP contribution in [-0.4, -0.2) is 34.0 Å². The number of nitrogens with one attached hydrogen (secondary N) is 1. The van der Waals surface area contributed by atoms with Gasteiger partial charge in [-0.1, -0.05) is 27.2 Å². The smallest absolute Gasteiger partial charge is 0.330 e. The molecule has 0 radical (unpaired) electrons. The van der Waals surface area contributed by atoms with Gasteiger partial charge in [-0.2, -0.15) is 0 Å². The number of esters is 1. The molecule has 0 aromatic carbocycles. The van der Waals surface area contributed by atoms with Crippen molar-refractivity contribution in [3.05, 3.63) is 32.6 Å². The number of hydrogen-bond acceptors (Lipinski definition) is 6. The third-order valence-electron chi connectivity index (χ3n) is 5.14. The average molecular weight is 366 g/mol. The minimum atomic E-state index is -0.800. The van der Waals surface area contributed by atoms with E-state index in [0.29, 0.717) is 18.3 Å². The van der Waals surface area contributed by atoms with Crippen LogP contribution in [-0.2, 0) is 14.3 Å². The Morgan fingerprint density at radius 1 is 1.35 bits per heavy atom. The van der Waals surface area contributed by atoms with Crippen LogP contribution in [0.15, 0.2) is 15.8 Å². The molecule has 1 N–H and O–H groups in total. The van der Waals surface area contributed by atoms with Gasteiger partial charge < -0.3 is 9.47 Å². The van der Waals surface area contributed by atoms with Gasteiger partial charge in [0, 0.05) is 13.1 Å². The maximum atomic E-state index is 12.2. The fourth-order valence-corrected chi connectivity index (χ4v) is 3.12. The molecule has 3 unspecified atom stereocenters. The van der Waals surface area contributed by atoms with Crippen molar-refractivity contribution in [1.82, 2.24) is 9.55 Å². The molecule has 1 aliphatic rings. The second kappa shape index (κ2) is 8.44. The van der Waals surface area contributed by atoms with Gasteiger partial charge in [0.25, 0.3) is 5.56 Å². The topological polar surface area (TPSA) is 107 Å². The van der Waals surface area contributed by atoms with Crippen LogP contribution < -0.4 is 11.2 Å². The van der Waals surface area contributed by atoms with E-state index in [1.54, 1.807) is 0 Å². The lowest BCUT2D eigenvalue weighted by Gasteiger charge is -2.25. The Morgan fingerprint density at radius 3 is 2.65 bits per heavy atom. The number of hydrogen-bond donors (Lipinski definition) is 1. The monoisotopic (exact) mass is 366 g/mol. The van der Waals surface area contributed by atoms with Crippen molar-refractivity contribution in [2.24, 2.45) is 11.8 Å². The van der Waals surface area contributed by atoms with Crippen LogP contribution in [0.3, 0.4) is 0 Å². The van der Waals surface area contributed by atoms with E-state index in [1.165, 1.54) is 17.7 Å². The fourth-order valence-electron chi connectivity index (χ4n) is 3.12. The molecule has 0 aliphatic carbocycles. The third kappa shape index (κ3) is 4.49. The van der Waals surface area contributed by atoms with E-state index in [0.717, 1.165) is 12.8 Å². The van der Waals surface area contributed by atoms with Gasteiger partial charge in [0.2, 0.25) is 5.78 Å². The Kier molecular flexibility index (Phi) is 6.52. The molecule has 8 heteroatoms. The van der Waals surface area contributed by atoms with E-state index < -0.39 is 35.8 Å². The maximum Gasteiger partial charge on any atom is 0.330 e. The van der Waals surface area contributed by atoms with E-state index in [2.05, 4.69) is 30.5 Å². The highest BCUT2D eigenvalue weighted by Crippen LogP contribution is 2.34. The first-order valence-electron chi connectivity index (χ1n) is 8.92. The first-order valence-corrected chi connectivity index (χ1v) is 8.92. The van der Waals surface area contributed by atoms with E-state index in [1.807, 2.05) is 0 Å². The summed E-state index contributed by atoms with van der Waals surface area (Å²) in [6, 6.07) is 0. The number of nitrogens with zero attached hydrogens (tertiary/aromatic N) is 1. The summed E-state index contributed by atoms with van der Waals surface area (Å²) in [5, 5.41) is 0. The van der Waals surface area contributed by atoms with E-state index in [-0.39, 0.29) is 11.7 Å². The molecule has 1 aromatic rings. The molecule has 1 saturated heterocycles. The van der Waals surface area contributed by atoms with Gasteiger partial charge in [-0.15, -0.1) is 0 Å². The summed E-state index contributed by atoms with van der Waals surface area (Å²) < 4.78 is 11.9. The Labute approximate surface area is 151 Å². The van der Waals surface area contributed by atoms with Crippen molar-refractivity contribution >= 4 is 11.8 Å². The van der Waals surface area contributed by atoms with Crippen molar-refractivity contribution in [3.63, 3.8) is 0 Å². The summed E-state index contributed by atoms with van der Waals surface area (Å²) in [4.78, 5) is 49.2. The van der Waals surface area contributed by atoms with Crippen LogP contribution in [0.2, 0.25) is 0 Å². The number of H-pyrrole nitrogens is 1. The quantitative estimate of drug-likeness (QED) is 0.581. The number of aromatic amines is 1. The molecule has 144 valence electrons. The van der Waals surface area contributed by atoms with Crippen molar-refractivity contribution in [2.45, 2.75) is 59.3 Å². The summed E-state index contributed by atoms with van der Waals surface area (Å²) >= 11 is 0. The van der Waals surface area contributed by atoms with Crippen molar-refractivity contribution in [1.29, 1.82) is 0 Å². The highest BCUT2D eigenvalue weighted by molar-refractivity contribution is 5.97. The van der Waals surface area contributed by atoms with Crippen LogP contribution in [0.5, 0.6) is 0 Å².